The molecule has 0 bridgehead atoms. The van der Waals surface area contributed by atoms with Crippen LogP contribution in [0.4, 0.5) is 0 Å². The highest BCUT2D eigenvalue weighted by Gasteiger charge is 2.32. The van der Waals surface area contributed by atoms with Gasteiger partial charge in [-0.2, -0.15) is 0 Å². The fourth-order valence-corrected chi connectivity index (χ4v) is 2.20. The van der Waals surface area contributed by atoms with Crippen molar-refractivity contribution in [1.82, 2.24) is 5.32 Å². The largest absolute Gasteiger partial charge is 0.481 e. The first kappa shape index (κ1) is 13.0. The van der Waals surface area contributed by atoms with Gasteiger partial charge in [-0.25, -0.2) is 0 Å². The van der Waals surface area contributed by atoms with Gasteiger partial charge in [0.05, 0.1) is 5.92 Å². The predicted octanol–water partition coefficient (Wildman–Crippen LogP) is 0.342. The molecule has 92 valence electrons. The van der Waals surface area contributed by atoms with Gasteiger partial charge in [0.2, 0.25) is 5.91 Å². The van der Waals surface area contributed by atoms with Gasteiger partial charge in [0, 0.05) is 13.0 Å². The minimum Gasteiger partial charge on any atom is -0.481 e. The second-order valence-electron chi connectivity index (χ2n) is 4.33. The quantitative estimate of drug-likeness (QED) is 0.611. The summed E-state index contributed by atoms with van der Waals surface area (Å²) in [6.45, 7) is 0.995. The summed E-state index contributed by atoms with van der Waals surface area (Å²) >= 11 is 0. The van der Waals surface area contributed by atoms with Crippen LogP contribution in [0.15, 0.2) is 0 Å². The molecule has 1 aliphatic rings. The normalized spacial score (nSPS) is 24.3. The number of rotatable bonds is 6. The SMILES string of the molecule is NCCCC(=O)NCC1CCCC1C(=O)O. The monoisotopic (exact) mass is 228 g/mol. The Hall–Kier alpha value is -1.10. The maximum atomic E-state index is 11.3. The van der Waals surface area contributed by atoms with Crippen LogP contribution in [0.25, 0.3) is 0 Å². The van der Waals surface area contributed by atoms with Crippen LogP contribution >= 0.6 is 0 Å². The van der Waals surface area contributed by atoms with E-state index in [1.165, 1.54) is 0 Å². The van der Waals surface area contributed by atoms with Crippen molar-refractivity contribution in [3.8, 4) is 0 Å². The van der Waals surface area contributed by atoms with Gasteiger partial charge < -0.3 is 16.2 Å². The van der Waals surface area contributed by atoms with Crippen molar-refractivity contribution in [1.29, 1.82) is 0 Å². The van der Waals surface area contributed by atoms with Gasteiger partial charge >= 0.3 is 5.97 Å². The summed E-state index contributed by atoms with van der Waals surface area (Å²) in [6, 6.07) is 0. The molecule has 0 radical (unpaired) electrons. The molecule has 0 aromatic heterocycles. The van der Waals surface area contributed by atoms with Gasteiger partial charge in [-0.15, -0.1) is 0 Å². The Labute approximate surface area is 95.4 Å². The zero-order valence-electron chi connectivity index (χ0n) is 9.45. The third kappa shape index (κ3) is 3.81. The Morgan fingerprint density at radius 3 is 2.75 bits per heavy atom. The fraction of sp³-hybridized carbons (Fsp3) is 0.818. The lowest BCUT2D eigenvalue weighted by Gasteiger charge is -2.16. The van der Waals surface area contributed by atoms with E-state index < -0.39 is 5.97 Å². The molecule has 5 heteroatoms. The standard InChI is InChI=1S/C11H20N2O3/c12-6-2-5-10(14)13-7-8-3-1-4-9(8)11(15)16/h8-9H,1-7,12H2,(H,13,14)(H,15,16). The summed E-state index contributed by atoms with van der Waals surface area (Å²) in [7, 11) is 0. The minimum absolute atomic E-state index is 0.0264. The third-order valence-electron chi connectivity index (χ3n) is 3.15. The molecular weight excluding hydrogens is 208 g/mol. The summed E-state index contributed by atoms with van der Waals surface area (Å²) in [5.74, 6) is -0.950. The molecule has 1 fully saturated rings. The number of hydrogen-bond donors (Lipinski definition) is 3. The summed E-state index contributed by atoms with van der Waals surface area (Å²) in [4.78, 5) is 22.2. The van der Waals surface area contributed by atoms with Crippen molar-refractivity contribution in [2.75, 3.05) is 13.1 Å². The van der Waals surface area contributed by atoms with E-state index in [4.69, 9.17) is 10.8 Å². The summed E-state index contributed by atoms with van der Waals surface area (Å²) in [6.07, 6.45) is 3.69. The highest BCUT2D eigenvalue weighted by atomic mass is 16.4. The number of aliphatic carboxylic acids is 1. The molecule has 16 heavy (non-hydrogen) atoms. The van der Waals surface area contributed by atoms with E-state index in [0.29, 0.717) is 25.9 Å². The number of nitrogens with two attached hydrogens (primary N) is 1. The van der Waals surface area contributed by atoms with Crippen molar-refractivity contribution < 1.29 is 14.7 Å². The molecule has 0 spiro atoms. The Balaban J connectivity index is 2.26. The Bertz CT molecular complexity index is 256. The molecule has 0 aromatic rings. The average Bonchev–Trinajstić information content (AvgIpc) is 2.71. The molecule has 0 aliphatic heterocycles. The van der Waals surface area contributed by atoms with Crippen molar-refractivity contribution in [2.45, 2.75) is 32.1 Å². The molecule has 2 unspecified atom stereocenters. The molecule has 0 heterocycles. The number of nitrogens with one attached hydrogen (secondary N) is 1. The van der Waals surface area contributed by atoms with Crippen molar-refractivity contribution >= 4 is 11.9 Å². The van der Waals surface area contributed by atoms with Gasteiger partial charge in [-0.1, -0.05) is 6.42 Å². The van der Waals surface area contributed by atoms with E-state index in [1.54, 1.807) is 0 Å². The van der Waals surface area contributed by atoms with E-state index >= 15 is 0 Å². The van der Waals surface area contributed by atoms with Crippen LogP contribution in [-0.2, 0) is 9.59 Å². The van der Waals surface area contributed by atoms with Crippen molar-refractivity contribution in [3.63, 3.8) is 0 Å². The zero-order chi connectivity index (χ0) is 12.0. The molecule has 0 saturated heterocycles. The summed E-state index contributed by atoms with van der Waals surface area (Å²) in [5.41, 5.74) is 5.30. The molecule has 1 aliphatic carbocycles. The first-order valence-corrected chi connectivity index (χ1v) is 5.84. The highest BCUT2D eigenvalue weighted by Crippen LogP contribution is 2.31. The van der Waals surface area contributed by atoms with Crippen LogP contribution in [0.1, 0.15) is 32.1 Å². The van der Waals surface area contributed by atoms with Crippen molar-refractivity contribution in [2.24, 2.45) is 17.6 Å². The summed E-state index contributed by atoms with van der Waals surface area (Å²) < 4.78 is 0. The molecule has 1 saturated carbocycles. The number of carboxylic acids is 1. The number of carbonyl (C=O) groups is 2. The Morgan fingerprint density at radius 2 is 2.12 bits per heavy atom. The van der Waals surface area contributed by atoms with E-state index in [2.05, 4.69) is 5.32 Å². The molecule has 5 nitrogen and oxygen atoms in total. The predicted molar refractivity (Wildman–Crippen MR) is 59.8 cm³/mol. The minimum atomic E-state index is -0.737. The van der Waals surface area contributed by atoms with Crippen LogP contribution in [0.2, 0.25) is 0 Å². The molecule has 1 rings (SSSR count). The second kappa shape index (κ2) is 6.48. The van der Waals surface area contributed by atoms with Gasteiger partial charge in [0.1, 0.15) is 0 Å². The number of carbonyl (C=O) groups excluding carboxylic acids is 1. The second-order valence-corrected chi connectivity index (χ2v) is 4.33. The highest BCUT2D eigenvalue weighted by molar-refractivity contribution is 5.76. The van der Waals surface area contributed by atoms with Crippen molar-refractivity contribution in [3.05, 3.63) is 0 Å². The zero-order valence-corrected chi connectivity index (χ0v) is 9.45. The topological polar surface area (TPSA) is 92.4 Å². The van der Waals surface area contributed by atoms with Gasteiger partial charge in [0.25, 0.3) is 0 Å². The molecule has 0 aromatic carbocycles. The summed E-state index contributed by atoms with van der Waals surface area (Å²) in [5, 5.41) is 11.7. The van der Waals surface area contributed by atoms with Gasteiger partial charge in [-0.05, 0) is 31.7 Å². The van der Waals surface area contributed by atoms with Gasteiger partial charge in [-0.3, -0.25) is 9.59 Å². The fourth-order valence-electron chi connectivity index (χ4n) is 2.20. The molecule has 4 N–H and O–H groups in total. The van der Waals surface area contributed by atoms with Gasteiger partial charge in [0.15, 0.2) is 0 Å². The first-order chi connectivity index (χ1) is 7.65. The Morgan fingerprint density at radius 1 is 1.38 bits per heavy atom. The number of carboxylic acid groups (broad SMARTS) is 1. The Kier molecular flexibility index (Phi) is 5.25. The van der Waals surface area contributed by atoms with Crippen LogP contribution < -0.4 is 11.1 Å². The smallest absolute Gasteiger partial charge is 0.306 e. The molecule has 2 atom stereocenters. The lowest BCUT2D eigenvalue weighted by atomic mass is 9.96. The maximum absolute atomic E-state index is 11.3. The molecule has 1 amide bonds. The lowest BCUT2D eigenvalue weighted by molar-refractivity contribution is -0.143. The van der Waals surface area contributed by atoms with E-state index in [0.717, 1.165) is 19.3 Å². The molecular formula is C11H20N2O3. The number of hydrogen-bond acceptors (Lipinski definition) is 3. The third-order valence-corrected chi connectivity index (χ3v) is 3.15. The maximum Gasteiger partial charge on any atom is 0.306 e. The van der Waals surface area contributed by atoms with E-state index in [-0.39, 0.29) is 17.7 Å². The number of amides is 1. The van der Waals surface area contributed by atoms with Crippen LogP contribution in [0, 0.1) is 11.8 Å². The van der Waals surface area contributed by atoms with E-state index in [1.807, 2.05) is 0 Å². The van der Waals surface area contributed by atoms with Crippen LogP contribution in [0.5, 0.6) is 0 Å². The van der Waals surface area contributed by atoms with E-state index in [9.17, 15) is 9.59 Å². The average molecular weight is 228 g/mol. The van der Waals surface area contributed by atoms with Crippen LogP contribution in [0.3, 0.4) is 0 Å². The lowest BCUT2D eigenvalue weighted by Crippen LogP contribution is -2.33. The van der Waals surface area contributed by atoms with Crippen LogP contribution in [-0.4, -0.2) is 30.1 Å². The first-order valence-electron chi connectivity index (χ1n) is 5.84.